The summed E-state index contributed by atoms with van der Waals surface area (Å²) < 4.78 is 12.2. The standard InChI is InChI=1S/C27H33N3O5/c1-17(2)26(32)29-19-9-12-23-21(13-19)27(33)30(3)22-11-10-20(35-24(22)16-34-23)14-25(31)28-15-18-7-5-4-6-8-18/h4-9,12-13,17,20,22,24H,10-11,14-16H2,1-3H3,(H,28,31)(H,29,32)/t20-,22-,24+/m0/s1. The molecule has 2 aromatic carbocycles. The lowest BCUT2D eigenvalue weighted by Crippen LogP contribution is -2.53. The number of hydrogen-bond donors (Lipinski definition) is 2. The molecule has 1 fully saturated rings. The van der Waals surface area contributed by atoms with Gasteiger partial charge >= 0.3 is 0 Å². The van der Waals surface area contributed by atoms with Crippen LogP contribution in [0.5, 0.6) is 5.75 Å². The maximum atomic E-state index is 13.3. The molecule has 1 saturated heterocycles. The molecule has 0 aromatic heterocycles. The number of nitrogens with one attached hydrogen (secondary N) is 2. The second-order valence-electron chi connectivity index (χ2n) is 9.49. The number of carbonyl (C=O) groups is 3. The zero-order valence-corrected chi connectivity index (χ0v) is 20.5. The van der Waals surface area contributed by atoms with E-state index < -0.39 is 0 Å². The molecule has 186 valence electrons. The summed E-state index contributed by atoms with van der Waals surface area (Å²) in [6.07, 6.45) is 1.09. The number of likely N-dealkylation sites (N-methyl/N-ethyl adjacent to an activating group) is 1. The van der Waals surface area contributed by atoms with Gasteiger partial charge in [-0.2, -0.15) is 0 Å². The molecule has 0 aliphatic carbocycles. The maximum Gasteiger partial charge on any atom is 0.257 e. The number of nitrogens with zero attached hydrogens (tertiary/aromatic N) is 1. The van der Waals surface area contributed by atoms with Gasteiger partial charge in [-0.15, -0.1) is 0 Å². The molecule has 0 spiro atoms. The Morgan fingerprint density at radius 1 is 1.11 bits per heavy atom. The van der Waals surface area contributed by atoms with Crippen molar-refractivity contribution >= 4 is 23.4 Å². The molecule has 8 nitrogen and oxygen atoms in total. The minimum atomic E-state index is -0.335. The first-order valence-electron chi connectivity index (χ1n) is 12.1. The van der Waals surface area contributed by atoms with Gasteiger partial charge in [-0.05, 0) is 36.6 Å². The molecule has 8 heteroatoms. The first-order chi connectivity index (χ1) is 16.8. The fraction of sp³-hybridized carbons (Fsp3) is 0.444. The first-order valence-corrected chi connectivity index (χ1v) is 12.1. The van der Waals surface area contributed by atoms with Crippen LogP contribution in [0.25, 0.3) is 0 Å². The predicted molar refractivity (Wildman–Crippen MR) is 132 cm³/mol. The van der Waals surface area contributed by atoms with E-state index in [1.54, 1.807) is 30.1 Å². The summed E-state index contributed by atoms with van der Waals surface area (Å²) in [6, 6.07) is 14.7. The van der Waals surface area contributed by atoms with E-state index in [9.17, 15) is 14.4 Å². The van der Waals surface area contributed by atoms with E-state index in [0.29, 0.717) is 36.4 Å². The van der Waals surface area contributed by atoms with Crippen molar-refractivity contribution in [1.82, 2.24) is 10.2 Å². The zero-order chi connectivity index (χ0) is 24.9. The lowest BCUT2D eigenvalue weighted by molar-refractivity contribution is -0.134. The van der Waals surface area contributed by atoms with Gasteiger partial charge in [0, 0.05) is 25.2 Å². The van der Waals surface area contributed by atoms with Gasteiger partial charge in [-0.25, -0.2) is 0 Å². The van der Waals surface area contributed by atoms with E-state index in [-0.39, 0.29) is 54.9 Å². The van der Waals surface area contributed by atoms with E-state index in [2.05, 4.69) is 10.6 Å². The molecule has 2 heterocycles. The van der Waals surface area contributed by atoms with Crippen LogP contribution in [-0.4, -0.2) is 54.5 Å². The number of rotatable bonds is 6. The number of fused-ring (bicyclic) bond motifs is 2. The van der Waals surface area contributed by atoms with E-state index >= 15 is 0 Å². The normalized spacial score (nSPS) is 21.8. The van der Waals surface area contributed by atoms with Gasteiger partial charge in [0.15, 0.2) is 0 Å². The largest absolute Gasteiger partial charge is 0.490 e. The van der Waals surface area contributed by atoms with Crippen LogP contribution < -0.4 is 15.4 Å². The molecular formula is C27H33N3O5. The van der Waals surface area contributed by atoms with Crippen LogP contribution in [0.15, 0.2) is 48.5 Å². The van der Waals surface area contributed by atoms with E-state index in [0.717, 1.165) is 5.56 Å². The van der Waals surface area contributed by atoms with E-state index in [4.69, 9.17) is 9.47 Å². The third-order valence-corrected chi connectivity index (χ3v) is 6.55. The highest BCUT2D eigenvalue weighted by Crippen LogP contribution is 2.32. The molecule has 0 unspecified atom stereocenters. The second kappa shape index (κ2) is 10.9. The summed E-state index contributed by atoms with van der Waals surface area (Å²) in [5.41, 5.74) is 2.02. The van der Waals surface area contributed by atoms with E-state index in [1.165, 1.54) is 0 Å². The molecule has 0 saturated carbocycles. The Balaban J connectivity index is 1.39. The molecule has 3 atom stereocenters. The molecule has 2 aliphatic rings. The molecule has 4 rings (SSSR count). The minimum Gasteiger partial charge on any atom is -0.490 e. The van der Waals surface area contributed by atoms with Crippen LogP contribution >= 0.6 is 0 Å². The van der Waals surface area contributed by atoms with Crippen molar-refractivity contribution < 1.29 is 23.9 Å². The van der Waals surface area contributed by atoms with E-state index in [1.807, 2.05) is 44.2 Å². The molecule has 2 aliphatic heterocycles. The topological polar surface area (TPSA) is 97.0 Å². The monoisotopic (exact) mass is 479 g/mol. The van der Waals surface area contributed by atoms with Gasteiger partial charge in [0.25, 0.3) is 5.91 Å². The van der Waals surface area contributed by atoms with Crippen molar-refractivity contribution in [3.05, 3.63) is 59.7 Å². The fourth-order valence-electron chi connectivity index (χ4n) is 4.47. The Morgan fingerprint density at radius 3 is 2.63 bits per heavy atom. The van der Waals surface area contributed by atoms with Crippen LogP contribution in [0, 0.1) is 5.92 Å². The Labute approximate surface area is 206 Å². The Morgan fingerprint density at radius 2 is 1.89 bits per heavy atom. The van der Waals surface area contributed by atoms with Crippen molar-refractivity contribution in [1.29, 1.82) is 0 Å². The lowest BCUT2D eigenvalue weighted by Gasteiger charge is -2.42. The SMILES string of the molecule is CC(C)C(=O)Nc1ccc2c(c1)C(=O)N(C)[C@H]1CC[C@@H](CC(=O)NCc3ccccc3)O[C@@H]1CO2. The number of amides is 3. The third kappa shape index (κ3) is 6.00. The number of ether oxygens (including phenoxy) is 2. The fourth-order valence-corrected chi connectivity index (χ4v) is 4.47. The average Bonchev–Trinajstić information content (AvgIpc) is 2.86. The van der Waals surface area contributed by atoms with Crippen LogP contribution in [-0.2, 0) is 20.9 Å². The average molecular weight is 480 g/mol. The summed E-state index contributed by atoms with van der Waals surface area (Å²) in [5, 5.41) is 5.79. The highest BCUT2D eigenvalue weighted by atomic mass is 16.5. The Bertz CT molecular complexity index is 1070. The first kappa shape index (κ1) is 24.7. The van der Waals surface area contributed by atoms with Crippen molar-refractivity contribution in [3.8, 4) is 5.75 Å². The molecule has 2 N–H and O–H groups in total. The summed E-state index contributed by atoms with van der Waals surface area (Å²) in [7, 11) is 1.77. The Hall–Kier alpha value is -3.39. The van der Waals surface area contributed by atoms with Crippen molar-refractivity contribution in [2.45, 2.75) is 57.9 Å². The molecule has 3 amide bonds. The van der Waals surface area contributed by atoms with Crippen LogP contribution in [0.4, 0.5) is 5.69 Å². The zero-order valence-electron chi connectivity index (χ0n) is 20.5. The molecule has 0 bridgehead atoms. The van der Waals surface area contributed by atoms with Gasteiger partial charge in [-0.3, -0.25) is 14.4 Å². The smallest absolute Gasteiger partial charge is 0.257 e. The highest BCUT2D eigenvalue weighted by molar-refractivity contribution is 6.00. The minimum absolute atomic E-state index is 0.0604. The number of hydrogen-bond acceptors (Lipinski definition) is 5. The molecular weight excluding hydrogens is 446 g/mol. The summed E-state index contributed by atoms with van der Waals surface area (Å²) in [6.45, 7) is 4.38. The van der Waals surface area contributed by atoms with Crippen molar-refractivity contribution in [2.75, 3.05) is 19.0 Å². The predicted octanol–water partition coefficient (Wildman–Crippen LogP) is 3.37. The third-order valence-electron chi connectivity index (χ3n) is 6.55. The molecule has 2 aromatic rings. The molecule has 0 radical (unpaired) electrons. The summed E-state index contributed by atoms with van der Waals surface area (Å²) in [5.74, 6) is -0.0701. The highest BCUT2D eigenvalue weighted by Gasteiger charge is 2.39. The van der Waals surface area contributed by atoms with Gasteiger partial charge in [-0.1, -0.05) is 44.2 Å². The quantitative estimate of drug-likeness (QED) is 0.662. The van der Waals surface area contributed by atoms with Gasteiger partial charge in [0.1, 0.15) is 18.5 Å². The van der Waals surface area contributed by atoms with Gasteiger partial charge in [0.2, 0.25) is 11.8 Å². The van der Waals surface area contributed by atoms with Crippen LogP contribution in [0.1, 0.15) is 49.0 Å². The summed E-state index contributed by atoms with van der Waals surface area (Å²) in [4.78, 5) is 39.6. The Kier molecular flexibility index (Phi) is 7.70. The summed E-state index contributed by atoms with van der Waals surface area (Å²) >= 11 is 0. The number of anilines is 1. The van der Waals surface area contributed by atoms with Crippen LogP contribution in [0.3, 0.4) is 0 Å². The van der Waals surface area contributed by atoms with Crippen LogP contribution in [0.2, 0.25) is 0 Å². The maximum absolute atomic E-state index is 13.3. The van der Waals surface area contributed by atoms with Crippen molar-refractivity contribution in [2.24, 2.45) is 5.92 Å². The van der Waals surface area contributed by atoms with Crippen molar-refractivity contribution in [3.63, 3.8) is 0 Å². The number of carbonyl (C=O) groups excluding carboxylic acids is 3. The molecule has 35 heavy (non-hydrogen) atoms. The number of benzene rings is 2. The second-order valence-corrected chi connectivity index (χ2v) is 9.49. The van der Waals surface area contributed by atoms with Gasteiger partial charge in [0.05, 0.1) is 24.1 Å². The van der Waals surface area contributed by atoms with Gasteiger partial charge < -0.3 is 25.0 Å². The lowest BCUT2D eigenvalue weighted by atomic mass is 9.94.